The van der Waals surface area contributed by atoms with E-state index >= 15 is 0 Å². The molecular weight excluding hydrogens is 350 g/mol. The third kappa shape index (κ3) is 3.07. The summed E-state index contributed by atoms with van der Waals surface area (Å²) in [6.45, 7) is 3.77. The normalized spacial score (nSPS) is 14.9. The molecule has 130 valence electrons. The Labute approximate surface area is 156 Å². The van der Waals surface area contributed by atoms with Gasteiger partial charge in [-0.25, -0.2) is 0 Å². The Balaban J connectivity index is 2.06. The highest BCUT2D eigenvalue weighted by Crippen LogP contribution is 2.39. The average molecular weight is 366 g/mol. The molecule has 0 fully saturated rings. The Morgan fingerprint density at radius 3 is 2.42 bits per heavy atom. The summed E-state index contributed by atoms with van der Waals surface area (Å²) in [6.07, 6.45) is 0. The Morgan fingerprint density at radius 1 is 1.15 bits per heavy atom. The number of rotatable bonds is 3. The van der Waals surface area contributed by atoms with E-state index < -0.39 is 5.91 Å². The van der Waals surface area contributed by atoms with Crippen molar-refractivity contribution in [1.82, 2.24) is 0 Å². The van der Waals surface area contributed by atoms with Gasteiger partial charge in [0.2, 0.25) is 0 Å². The molecule has 0 atom stereocenters. The summed E-state index contributed by atoms with van der Waals surface area (Å²) in [5.74, 6) is -0.970. The maximum Gasteiger partial charge on any atom is 0.267 e. The van der Waals surface area contributed by atoms with Crippen LogP contribution >= 0.6 is 11.6 Å². The average Bonchev–Trinajstić information content (AvgIpc) is 2.90. The number of nitriles is 1. The lowest BCUT2D eigenvalue weighted by Gasteiger charge is -2.21. The van der Waals surface area contributed by atoms with Crippen LogP contribution in [0.15, 0.2) is 54.1 Å². The fraction of sp³-hybridized carbons (Fsp3) is 0.150. The van der Waals surface area contributed by atoms with Gasteiger partial charge in [0.05, 0.1) is 11.3 Å². The van der Waals surface area contributed by atoms with E-state index in [0.29, 0.717) is 22.0 Å². The number of carbonyl (C=O) groups excluding carboxylic acids is 2. The van der Waals surface area contributed by atoms with Crippen molar-refractivity contribution < 1.29 is 9.59 Å². The zero-order chi connectivity index (χ0) is 18.8. The zero-order valence-corrected chi connectivity index (χ0v) is 15.0. The Hall–Kier alpha value is -3.10. The van der Waals surface area contributed by atoms with E-state index in [4.69, 9.17) is 11.6 Å². The second-order valence-corrected chi connectivity index (χ2v) is 6.55. The van der Waals surface area contributed by atoms with E-state index in [9.17, 15) is 14.9 Å². The van der Waals surface area contributed by atoms with Crippen molar-refractivity contribution >= 4 is 40.4 Å². The van der Waals surface area contributed by atoms with Gasteiger partial charge in [-0.1, -0.05) is 29.8 Å². The molecule has 1 heterocycles. The second-order valence-electron chi connectivity index (χ2n) is 6.11. The molecule has 1 aliphatic heterocycles. The molecule has 2 aromatic rings. The largest absolute Gasteiger partial charge is 0.321 e. The number of nitrogens with zero attached hydrogens (tertiary/aromatic N) is 2. The lowest BCUT2D eigenvalue weighted by molar-refractivity contribution is -0.115. The lowest BCUT2D eigenvalue weighted by Crippen LogP contribution is -2.33. The Bertz CT molecular complexity index is 956. The van der Waals surface area contributed by atoms with Crippen molar-refractivity contribution in [3.63, 3.8) is 0 Å². The van der Waals surface area contributed by atoms with E-state index in [1.54, 1.807) is 41.3 Å². The van der Waals surface area contributed by atoms with Gasteiger partial charge in [0, 0.05) is 22.3 Å². The van der Waals surface area contributed by atoms with Crippen LogP contribution in [0.25, 0.3) is 5.57 Å². The number of para-hydroxylation sites is 1. The number of hydrogen-bond acceptors (Lipinski definition) is 3. The molecule has 0 unspecified atom stereocenters. The number of anilines is 2. The molecule has 0 bridgehead atoms. The first-order valence-corrected chi connectivity index (χ1v) is 8.46. The molecule has 0 saturated heterocycles. The summed E-state index contributed by atoms with van der Waals surface area (Å²) in [5, 5.41) is 12.8. The first-order chi connectivity index (χ1) is 12.4. The number of nitrogens with one attached hydrogen (secondary N) is 1. The molecule has 5 nitrogen and oxygen atoms in total. The van der Waals surface area contributed by atoms with Crippen LogP contribution in [0.4, 0.5) is 11.4 Å². The Morgan fingerprint density at radius 2 is 1.81 bits per heavy atom. The fourth-order valence-electron chi connectivity index (χ4n) is 2.94. The molecule has 1 aliphatic rings. The minimum absolute atomic E-state index is 0.0968. The third-order valence-corrected chi connectivity index (χ3v) is 4.32. The standard InChI is InChI=1S/C20H16ClN3O2/c1-12(2)24-17-6-4-3-5-15(17)18(20(24)26)16(11-22)19(25)23-14-9-7-13(21)8-10-14/h3-10,12H,1-2H3,(H,23,25)/b18-16+. The van der Waals surface area contributed by atoms with Crippen molar-refractivity contribution in [2.45, 2.75) is 19.9 Å². The highest BCUT2D eigenvalue weighted by atomic mass is 35.5. The molecule has 0 aromatic heterocycles. The van der Waals surface area contributed by atoms with Crippen LogP contribution in [0.1, 0.15) is 19.4 Å². The summed E-state index contributed by atoms with van der Waals surface area (Å²) < 4.78 is 0. The highest BCUT2D eigenvalue weighted by Gasteiger charge is 2.37. The first kappa shape index (κ1) is 17.7. The first-order valence-electron chi connectivity index (χ1n) is 8.08. The van der Waals surface area contributed by atoms with Gasteiger partial charge < -0.3 is 10.2 Å². The summed E-state index contributed by atoms with van der Waals surface area (Å²) in [5.41, 5.74) is 1.71. The van der Waals surface area contributed by atoms with Crippen LogP contribution in [0.3, 0.4) is 0 Å². The molecule has 0 radical (unpaired) electrons. The molecule has 26 heavy (non-hydrogen) atoms. The Kier molecular flexibility index (Phi) is 4.79. The van der Waals surface area contributed by atoms with Crippen molar-refractivity contribution in [2.24, 2.45) is 0 Å². The predicted molar refractivity (Wildman–Crippen MR) is 102 cm³/mol. The molecule has 0 saturated carbocycles. The molecular formula is C20H16ClN3O2. The predicted octanol–water partition coefficient (Wildman–Crippen LogP) is 4.01. The molecule has 2 aromatic carbocycles. The monoisotopic (exact) mass is 365 g/mol. The van der Waals surface area contributed by atoms with Crippen LogP contribution in [-0.2, 0) is 9.59 Å². The minimum Gasteiger partial charge on any atom is -0.321 e. The molecule has 6 heteroatoms. The van der Waals surface area contributed by atoms with Gasteiger partial charge in [0.25, 0.3) is 11.8 Å². The number of benzene rings is 2. The lowest BCUT2D eigenvalue weighted by atomic mass is 10.0. The van der Waals surface area contributed by atoms with E-state index in [-0.39, 0.29) is 23.1 Å². The summed E-state index contributed by atoms with van der Waals surface area (Å²) in [6, 6.07) is 15.5. The van der Waals surface area contributed by atoms with Crippen molar-refractivity contribution in [3.8, 4) is 6.07 Å². The van der Waals surface area contributed by atoms with Gasteiger partial charge in [-0.05, 0) is 44.2 Å². The van der Waals surface area contributed by atoms with E-state index in [2.05, 4.69) is 5.32 Å². The maximum atomic E-state index is 12.9. The zero-order valence-electron chi connectivity index (χ0n) is 14.3. The van der Waals surface area contributed by atoms with Crippen molar-refractivity contribution in [2.75, 3.05) is 10.2 Å². The van der Waals surface area contributed by atoms with Crippen molar-refractivity contribution in [1.29, 1.82) is 5.26 Å². The minimum atomic E-state index is -0.626. The third-order valence-electron chi connectivity index (χ3n) is 4.07. The number of amides is 2. The molecule has 0 aliphatic carbocycles. The number of halogens is 1. The fourth-order valence-corrected chi connectivity index (χ4v) is 3.07. The SMILES string of the molecule is CC(C)N1C(=O)/C(=C(\C#N)C(=O)Nc2ccc(Cl)cc2)c2ccccc21. The number of carbonyl (C=O) groups is 2. The van der Waals surface area contributed by atoms with Gasteiger partial charge >= 0.3 is 0 Å². The van der Waals surface area contributed by atoms with Gasteiger partial charge in [0.15, 0.2) is 0 Å². The van der Waals surface area contributed by atoms with Gasteiger partial charge in [-0.3, -0.25) is 9.59 Å². The number of fused-ring (bicyclic) bond motifs is 1. The summed E-state index contributed by atoms with van der Waals surface area (Å²) >= 11 is 5.84. The maximum absolute atomic E-state index is 12.9. The topological polar surface area (TPSA) is 73.2 Å². The van der Waals surface area contributed by atoms with Crippen LogP contribution in [0, 0.1) is 11.3 Å². The van der Waals surface area contributed by atoms with E-state index in [1.165, 1.54) is 0 Å². The van der Waals surface area contributed by atoms with E-state index in [0.717, 1.165) is 0 Å². The van der Waals surface area contributed by atoms with Gasteiger partial charge in [-0.15, -0.1) is 0 Å². The highest BCUT2D eigenvalue weighted by molar-refractivity contribution is 6.38. The molecule has 2 amide bonds. The number of hydrogen-bond donors (Lipinski definition) is 1. The smallest absolute Gasteiger partial charge is 0.267 e. The molecule has 0 spiro atoms. The van der Waals surface area contributed by atoms with Gasteiger partial charge in [0.1, 0.15) is 11.6 Å². The quantitative estimate of drug-likeness (QED) is 0.659. The van der Waals surface area contributed by atoms with Crippen LogP contribution in [0.5, 0.6) is 0 Å². The van der Waals surface area contributed by atoms with Crippen molar-refractivity contribution in [3.05, 3.63) is 64.7 Å². The van der Waals surface area contributed by atoms with E-state index in [1.807, 2.05) is 32.0 Å². The van der Waals surface area contributed by atoms with Crippen LogP contribution < -0.4 is 10.2 Å². The van der Waals surface area contributed by atoms with Crippen LogP contribution in [0.2, 0.25) is 5.02 Å². The summed E-state index contributed by atoms with van der Waals surface area (Å²) in [4.78, 5) is 27.2. The van der Waals surface area contributed by atoms with Crippen LogP contribution in [-0.4, -0.2) is 17.9 Å². The second kappa shape index (κ2) is 7.03. The molecule has 1 N–H and O–H groups in total. The summed E-state index contributed by atoms with van der Waals surface area (Å²) in [7, 11) is 0. The van der Waals surface area contributed by atoms with Gasteiger partial charge in [-0.2, -0.15) is 5.26 Å². The molecule has 3 rings (SSSR count).